The van der Waals surface area contributed by atoms with Gasteiger partial charge in [-0.15, -0.1) is 0 Å². The molecule has 0 spiro atoms. The van der Waals surface area contributed by atoms with E-state index < -0.39 is 10.5 Å². The van der Waals surface area contributed by atoms with E-state index >= 15 is 0 Å². The van der Waals surface area contributed by atoms with Gasteiger partial charge in [0, 0.05) is 17.0 Å². The van der Waals surface area contributed by atoms with Gasteiger partial charge in [0.15, 0.2) is 5.76 Å². The summed E-state index contributed by atoms with van der Waals surface area (Å²) in [6.07, 6.45) is 1.31. The topological polar surface area (TPSA) is 113 Å². The molecule has 0 saturated carbocycles. The molecule has 9 nitrogen and oxygen atoms in total. The maximum Gasteiger partial charge on any atom is 0.313 e. The van der Waals surface area contributed by atoms with E-state index in [4.69, 9.17) is 20.8 Å². The van der Waals surface area contributed by atoms with Crippen LogP contribution in [-0.4, -0.2) is 20.8 Å². The molecule has 6 aromatic rings. The number of nitro groups is 1. The third-order valence-corrected chi connectivity index (χ3v) is 6.71. The van der Waals surface area contributed by atoms with E-state index in [1.54, 1.807) is 30.3 Å². The van der Waals surface area contributed by atoms with Crippen LogP contribution in [-0.2, 0) is 6.61 Å². The molecular weight excluding hydrogens is 544 g/mol. The van der Waals surface area contributed by atoms with Gasteiger partial charge in [-0.1, -0.05) is 71.8 Å². The third kappa shape index (κ3) is 5.18. The van der Waals surface area contributed by atoms with Crippen LogP contribution in [0, 0.1) is 17.0 Å². The van der Waals surface area contributed by atoms with Crippen LogP contribution in [0.4, 0.5) is 5.69 Å². The van der Waals surface area contributed by atoms with Crippen molar-refractivity contribution in [1.29, 1.82) is 0 Å². The van der Waals surface area contributed by atoms with Crippen molar-refractivity contribution in [3.8, 4) is 17.3 Å². The predicted octanol–water partition coefficient (Wildman–Crippen LogP) is 7.14. The van der Waals surface area contributed by atoms with Crippen molar-refractivity contribution < 1.29 is 14.1 Å². The average Bonchev–Trinajstić information content (AvgIpc) is 3.40. The summed E-state index contributed by atoms with van der Waals surface area (Å²) in [5.74, 6) is 0.470. The molecule has 0 aliphatic carbocycles. The highest BCUT2D eigenvalue weighted by Gasteiger charge is 2.21. The summed E-state index contributed by atoms with van der Waals surface area (Å²) in [5, 5.41) is 17.5. The van der Waals surface area contributed by atoms with Gasteiger partial charge in [-0.05, 0) is 42.8 Å². The number of hydrogen-bond acceptors (Lipinski definition) is 7. The van der Waals surface area contributed by atoms with Crippen LogP contribution < -0.4 is 10.3 Å². The van der Waals surface area contributed by atoms with E-state index in [1.807, 2.05) is 55.5 Å². The molecule has 0 fully saturated rings. The van der Waals surface area contributed by atoms with E-state index in [2.05, 4.69) is 10.1 Å². The van der Waals surface area contributed by atoms with Gasteiger partial charge in [0.1, 0.15) is 12.2 Å². The molecule has 0 N–H and O–H groups in total. The van der Waals surface area contributed by atoms with Gasteiger partial charge in [-0.2, -0.15) is 9.78 Å². The fourth-order valence-electron chi connectivity index (χ4n) is 4.52. The van der Waals surface area contributed by atoms with E-state index in [0.717, 1.165) is 21.2 Å². The van der Waals surface area contributed by atoms with Crippen molar-refractivity contribution in [2.24, 2.45) is 5.10 Å². The highest BCUT2D eigenvalue weighted by atomic mass is 35.5. The fraction of sp³-hybridized carbons (Fsp3) is 0.0645. The minimum atomic E-state index is -0.571. The first-order valence-electron chi connectivity index (χ1n) is 12.6. The van der Waals surface area contributed by atoms with Crippen LogP contribution in [0.15, 0.2) is 105 Å². The second-order valence-electron chi connectivity index (χ2n) is 9.35. The summed E-state index contributed by atoms with van der Waals surface area (Å²) >= 11 is 6.45. The Morgan fingerprint density at radius 1 is 1.05 bits per heavy atom. The smallest absolute Gasteiger partial charge is 0.313 e. The molecule has 41 heavy (non-hydrogen) atoms. The number of para-hydroxylation sites is 2. The number of rotatable bonds is 7. The quantitative estimate of drug-likeness (QED) is 0.116. The van der Waals surface area contributed by atoms with E-state index in [0.29, 0.717) is 27.8 Å². The minimum absolute atomic E-state index is 0.0368. The van der Waals surface area contributed by atoms with Crippen molar-refractivity contribution in [1.82, 2.24) is 9.66 Å². The number of hydrogen-bond donors (Lipinski definition) is 0. The first-order valence-corrected chi connectivity index (χ1v) is 13.0. The summed E-state index contributed by atoms with van der Waals surface area (Å²) in [6.45, 7) is 2.05. The molecular formula is C31H21ClN4O5. The Balaban J connectivity index is 1.41. The number of aryl methyl sites for hydroxylation is 1. The van der Waals surface area contributed by atoms with Crippen LogP contribution in [0.5, 0.6) is 5.75 Å². The van der Waals surface area contributed by atoms with Gasteiger partial charge < -0.3 is 9.15 Å². The lowest BCUT2D eigenvalue weighted by Crippen LogP contribution is -2.20. The minimum Gasteiger partial charge on any atom is -0.481 e. The number of aromatic nitrogens is 2. The molecule has 0 aliphatic heterocycles. The van der Waals surface area contributed by atoms with Crippen LogP contribution in [0.25, 0.3) is 33.5 Å². The largest absolute Gasteiger partial charge is 0.481 e. The number of furan rings is 1. The van der Waals surface area contributed by atoms with E-state index in [-0.39, 0.29) is 28.9 Å². The van der Waals surface area contributed by atoms with Gasteiger partial charge in [-0.25, -0.2) is 4.98 Å². The second kappa shape index (κ2) is 10.7. The SMILES string of the molecule is Cc1cccc(COc2c(Cl)cc(C=Nn3c(-c4cc5ccccc5o4)nc4ccccc4c3=O)cc2[N+](=O)[O-])c1. The summed E-state index contributed by atoms with van der Waals surface area (Å²) in [4.78, 5) is 29.5. The standard InChI is InChI=1S/C31H21ClN4O5/c1-19-7-6-8-20(13-19)18-40-29-24(32)14-21(15-26(29)36(38)39)17-33-35-30(28-16-22-9-2-5-12-27(22)41-28)34-25-11-4-3-10-23(25)31(35)37/h2-17H,18H2,1H3. The zero-order valence-electron chi connectivity index (χ0n) is 21.7. The Kier molecular flexibility index (Phi) is 6.78. The lowest BCUT2D eigenvalue weighted by atomic mass is 10.1. The van der Waals surface area contributed by atoms with Gasteiger partial charge in [0.2, 0.25) is 11.6 Å². The van der Waals surface area contributed by atoms with Gasteiger partial charge in [0.25, 0.3) is 5.56 Å². The summed E-state index contributed by atoms with van der Waals surface area (Å²) < 4.78 is 12.9. The van der Waals surface area contributed by atoms with Crippen LogP contribution in [0.2, 0.25) is 5.02 Å². The summed E-state index contributed by atoms with van der Waals surface area (Å²) in [6, 6.07) is 26.5. The molecule has 202 valence electrons. The van der Waals surface area contributed by atoms with Crippen LogP contribution in [0.3, 0.4) is 0 Å². The zero-order valence-corrected chi connectivity index (χ0v) is 22.4. The fourth-order valence-corrected chi connectivity index (χ4v) is 4.79. The number of nitro benzene ring substituents is 1. The third-order valence-electron chi connectivity index (χ3n) is 6.43. The molecule has 0 atom stereocenters. The Hall–Kier alpha value is -5.28. The molecule has 0 saturated heterocycles. The Morgan fingerprint density at radius 2 is 1.85 bits per heavy atom. The number of ether oxygens (including phenoxy) is 1. The number of fused-ring (bicyclic) bond motifs is 2. The molecule has 0 bridgehead atoms. The highest BCUT2D eigenvalue weighted by Crippen LogP contribution is 2.36. The molecule has 4 aromatic carbocycles. The van der Waals surface area contributed by atoms with Gasteiger partial charge >= 0.3 is 5.69 Å². The number of nitrogens with zero attached hydrogens (tertiary/aromatic N) is 4. The summed E-state index contributed by atoms with van der Waals surface area (Å²) in [5.41, 5.74) is 2.53. The molecule has 2 aromatic heterocycles. The molecule has 2 heterocycles. The molecule has 0 amide bonds. The van der Waals surface area contributed by atoms with Crippen molar-refractivity contribution in [3.63, 3.8) is 0 Å². The van der Waals surface area contributed by atoms with Gasteiger partial charge in [-0.3, -0.25) is 14.9 Å². The monoisotopic (exact) mass is 564 g/mol. The molecule has 10 heteroatoms. The van der Waals surface area contributed by atoms with Crippen LogP contribution >= 0.6 is 11.6 Å². The first-order chi connectivity index (χ1) is 19.9. The Bertz CT molecular complexity index is 2010. The maximum atomic E-state index is 13.5. The zero-order chi connectivity index (χ0) is 28.5. The van der Waals surface area contributed by atoms with E-state index in [9.17, 15) is 14.9 Å². The first kappa shape index (κ1) is 26.0. The van der Waals surface area contributed by atoms with Crippen molar-refractivity contribution in [3.05, 3.63) is 133 Å². The Labute approximate surface area is 238 Å². The maximum absolute atomic E-state index is 13.5. The lowest BCUT2D eigenvalue weighted by molar-refractivity contribution is -0.385. The molecule has 6 rings (SSSR count). The van der Waals surface area contributed by atoms with Crippen molar-refractivity contribution in [2.75, 3.05) is 0 Å². The lowest BCUT2D eigenvalue weighted by Gasteiger charge is -2.10. The molecule has 0 radical (unpaired) electrons. The predicted molar refractivity (Wildman–Crippen MR) is 158 cm³/mol. The average molecular weight is 565 g/mol. The van der Waals surface area contributed by atoms with Crippen molar-refractivity contribution >= 4 is 45.4 Å². The Morgan fingerprint density at radius 3 is 2.66 bits per heavy atom. The number of benzene rings is 4. The molecule has 0 unspecified atom stereocenters. The second-order valence-corrected chi connectivity index (χ2v) is 9.76. The van der Waals surface area contributed by atoms with Crippen LogP contribution in [0.1, 0.15) is 16.7 Å². The van der Waals surface area contributed by atoms with Gasteiger partial charge in [0.05, 0.1) is 27.1 Å². The normalized spacial score (nSPS) is 11.5. The summed E-state index contributed by atoms with van der Waals surface area (Å²) in [7, 11) is 0. The molecule has 0 aliphatic rings. The van der Waals surface area contributed by atoms with E-state index in [1.165, 1.54) is 18.3 Å². The highest BCUT2D eigenvalue weighted by molar-refractivity contribution is 6.32. The number of halogens is 1. The van der Waals surface area contributed by atoms with Crippen molar-refractivity contribution in [2.45, 2.75) is 13.5 Å².